The third-order valence-corrected chi connectivity index (χ3v) is 5.57. The summed E-state index contributed by atoms with van der Waals surface area (Å²) in [5, 5.41) is 6.74. The van der Waals surface area contributed by atoms with Crippen molar-refractivity contribution in [2.24, 2.45) is 0 Å². The van der Waals surface area contributed by atoms with Gasteiger partial charge in [0.1, 0.15) is 5.75 Å². The van der Waals surface area contributed by atoms with Crippen LogP contribution >= 0.6 is 22.7 Å². The molecule has 2 aromatic carbocycles. The van der Waals surface area contributed by atoms with Gasteiger partial charge in [-0.25, -0.2) is 0 Å². The average molecular weight is 322 g/mol. The summed E-state index contributed by atoms with van der Waals surface area (Å²) in [5.41, 5.74) is 2.43. The lowest BCUT2D eigenvalue weighted by molar-refractivity contribution is 0.417. The molecule has 0 fully saturated rings. The van der Waals surface area contributed by atoms with Gasteiger partial charge in [-0.15, -0.1) is 22.7 Å². The van der Waals surface area contributed by atoms with Crippen LogP contribution in [-0.2, 0) is 0 Å². The molecule has 0 bridgehead atoms. The highest BCUT2D eigenvalue weighted by molar-refractivity contribution is 7.14. The summed E-state index contributed by atoms with van der Waals surface area (Å²) in [6, 6.07) is 19.2. The van der Waals surface area contributed by atoms with Crippen LogP contribution in [0.25, 0.3) is 31.7 Å². The first-order chi connectivity index (χ1) is 10.9. The number of hydrogen-bond acceptors (Lipinski definition) is 3. The highest BCUT2D eigenvalue weighted by Gasteiger charge is 2.16. The quantitative estimate of drug-likeness (QED) is 0.430. The number of thiophene rings is 2. The van der Waals surface area contributed by atoms with Gasteiger partial charge in [0.2, 0.25) is 0 Å². The SMILES string of the molecule is COc1cc(-c2cccs2)c2ccccc2c1-c1cccs1. The molecule has 0 unspecified atom stereocenters. The highest BCUT2D eigenvalue weighted by atomic mass is 32.1. The predicted molar refractivity (Wildman–Crippen MR) is 97.1 cm³/mol. The summed E-state index contributed by atoms with van der Waals surface area (Å²) in [7, 11) is 1.75. The molecule has 2 heterocycles. The average Bonchev–Trinajstić information content (AvgIpc) is 3.26. The first-order valence-corrected chi connectivity index (χ1v) is 8.82. The van der Waals surface area contributed by atoms with Gasteiger partial charge in [-0.2, -0.15) is 0 Å². The Hall–Kier alpha value is -2.10. The fourth-order valence-corrected chi connectivity index (χ4v) is 4.37. The largest absolute Gasteiger partial charge is 0.496 e. The molecular weight excluding hydrogens is 308 g/mol. The van der Waals surface area contributed by atoms with E-state index in [2.05, 4.69) is 65.4 Å². The van der Waals surface area contributed by atoms with Gasteiger partial charge < -0.3 is 4.74 Å². The Balaban J connectivity index is 2.12. The van der Waals surface area contributed by atoms with Gasteiger partial charge >= 0.3 is 0 Å². The second-order valence-corrected chi connectivity index (χ2v) is 6.90. The van der Waals surface area contributed by atoms with Crippen LogP contribution in [0.15, 0.2) is 65.4 Å². The van der Waals surface area contributed by atoms with Gasteiger partial charge in [-0.1, -0.05) is 36.4 Å². The molecule has 0 aliphatic heterocycles. The predicted octanol–water partition coefficient (Wildman–Crippen LogP) is 6.31. The Morgan fingerprint density at radius 2 is 1.45 bits per heavy atom. The molecule has 1 nitrogen and oxygen atoms in total. The number of benzene rings is 2. The van der Waals surface area contributed by atoms with E-state index in [1.54, 1.807) is 29.8 Å². The van der Waals surface area contributed by atoms with Crippen LogP contribution in [0, 0.1) is 0 Å². The number of methoxy groups -OCH3 is 1. The topological polar surface area (TPSA) is 9.23 Å². The van der Waals surface area contributed by atoms with Crippen LogP contribution in [0.3, 0.4) is 0 Å². The maximum Gasteiger partial charge on any atom is 0.128 e. The van der Waals surface area contributed by atoms with Crippen molar-refractivity contribution in [3.63, 3.8) is 0 Å². The molecule has 2 aromatic heterocycles. The van der Waals surface area contributed by atoms with Crippen LogP contribution in [0.1, 0.15) is 0 Å². The van der Waals surface area contributed by atoms with Gasteiger partial charge in [0.25, 0.3) is 0 Å². The van der Waals surface area contributed by atoms with Gasteiger partial charge in [-0.05, 0) is 39.7 Å². The van der Waals surface area contributed by atoms with Gasteiger partial charge in [-0.3, -0.25) is 0 Å². The molecule has 0 radical (unpaired) electrons. The molecule has 108 valence electrons. The van der Waals surface area contributed by atoms with Crippen molar-refractivity contribution < 1.29 is 4.74 Å². The van der Waals surface area contributed by atoms with E-state index in [1.807, 2.05) is 0 Å². The molecule has 0 N–H and O–H groups in total. The van der Waals surface area contributed by atoms with Crippen molar-refractivity contribution >= 4 is 33.4 Å². The van der Waals surface area contributed by atoms with Crippen LogP contribution in [0.2, 0.25) is 0 Å². The lowest BCUT2D eigenvalue weighted by atomic mass is 9.96. The molecule has 0 aliphatic rings. The first-order valence-electron chi connectivity index (χ1n) is 7.06. The third-order valence-electron chi connectivity index (χ3n) is 3.78. The summed E-state index contributed by atoms with van der Waals surface area (Å²) in [6.45, 7) is 0. The van der Waals surface area contributed by atoms with Crippen molar-refractivity contribution in [2.45, 2.75) is 0 Å². The normalized spacial score (nSPS) is 11.0. The van der Waals surface area contributed by atoms with Crippen molar-refractivity contribution in [3.05, 3.63) is 65.4 Å². The van der Waals surface area contributed by atoms with E-state index in [1.165, 1.54) is 31.7 Å². The summed E-state index contributed by atoms with van der Waals surface area (Å²) in [6.07, 6.45) is 0. The van der Waals surface area contributed by atoms with Crippen molar-refractivity contribution in [3.8, 4) is 26.6 Å². The molecule has 0 aliphatic carbocycles. The van der Waals surface area contributed by atoms with E-state index in [-0.39, 0.29) is 0 Å². The number of fused-ring (bicyclic) bond motifs is 1. The van der Waals surface area contributed by atoms with E-state index in [9.17, 15) is 0 Å². The Labute approximate surface area is 137 Å². The van der Waals surface area contributed by atoms with Crippen LogP contribution in [-0.4, -0.2) is 7.11 Å². The van der Waals surface area contributed by atoms with Crippen molar-refractivity contribution in [1.82, 2.24) is 0 Å². The highest BCUT2D eigenvalue weighted by Crippen LogP contribution is 2.44. The second-order valence-electron chi connectivity index (χ2n) is 5.00. The summed E-state index contributed by atoms with van der Waals surface area (Å²) >= 11 is 3.51. The van der Waals surface area contributed by atoms with Gasteiger partial charge in [0, 0.05) is 20.9 Å². The molecule has 4 rings (SSSR count). The van der Waals surface area contributed by atoms with Crippen LogP contribution in [0.5, 0.6) is 5.75 Å². The zero-order valence-electron chi connectivity index (χ0n) is 12.1. The van der Waals surface area contributed by atoms with E-state index in [4.69, 9.17) is 4.74 Å². The number of ether oxygens (including phenoxy) is 1. The Morgan fingerprint density at radius 3 is 2.09 bits per heavy atom. The third kappa shape index (κ3) is 2.14. The smallest absolute Gasteiger partial charge is 0.128 e. The zero-order valence-corrected chi connectivity index (χ0v) is 13.7. The molecule has 4 aromatic rings. The maximum absolute atomic E-state index is 5.73. The van der Waals surface area contributed by atoms with E-state index in [0.29, 0.717) is 0 Å². The van der Waals surface area contributed by atoms with E-state index >= 15 is 0 Å². The summed E-state index contributed by atoms with van der Waals surface area (Å²) in [4.78, 5) is 2.51. The fourth-order valence-electron chi connectivity index (χ4n) is 2.82. The molecule has 22 heavy (non-hydrogen) atoms. The van der Waals surface area contributed by atoms with Crippen LogP contribution < -0.4 is 4.74 Å². The molecule has 0 saturated carbocycles. The Kier molecular flexibility index (Phi) is 3.45. The maximum atomic E-state index is 5.73. The first kappa shape index (κ1) is 13.6. The summed E-state index contributed by atoms with van der Waals surface area (Å²) < 4.78 is 5.73. The van der Waals surface area contributed by atoms with Crippen molar-refractivity contribution in [2.75, 3.05) is 7.11 Å². The fraction of sp³-hybridized carbons (Fsp3) is 0.0526. The lowest BCUT2D eigenvalue weighted by Gasteiger charge is -2.14. The summed E-state index contributed by atoms with van der Waals surface area (Å²) in [5.74, 6) is 0.935. The molecular formula is C19H14OS2. The standard InChI is InChI=1S/C19H14OS2/c1-20-16-12-15(17-8-4-10-21-17)13-6-2-3-7-14(13)19(16)18-9-5-11-22-18/h2-12H,1H3. The number of hydrogen-bond donors (Lipinski definition) is 0. The minimum Gasteiger partial charge on any atom is -0.496 e. The van der Waals surface area contributed by atoms with E-state index in [0.717, 1.165) is 5.75 Å². The molecule has 0 atom stereocenters. The zero-order chi connectivity index (χ0) is 14.9. The Morgan fingerprint density at radius 1 is 0.773 bits per heavy atom. The van der Waals surface area contributed by atoms with Crippen molar-refractivity contribution in [1.29, 1.82) is 0 Å². The van der Waals surface area contributed by atoms with Gasteiger partial charge in [0.15, 0.2) is 0 Å². The van der Waals surface area contributed by atoms with Crippen LogP contribution in [0.4, 0.5) is 0 Å². The lowest BCUT2D eigenvalue weighted by Crippen LogP contribution is -1.90. The second kappa shape index (κ2) is 5.59. The van der Waals surface area contributed by atoms with Gasteiger partial charge in [0.05, 0.1) is 7.11 Å². The number of rotatable bonds is 3. The molecule has 0 saturated heterocycles. The monoisotopic (exact) mass is 322 g/mol. The van der Waals surface area contributed by atoms with E-state index < -0.39 is 0 Å². The minimum atomic E-state index is 0.935. The Bertz CT molecular complexity index is 906. The molecule has 3 heteroatoms. The minimum absolute atomic E-state index is 0.935. The molecule has 0 spiro atoms. The molecule has 0 amide bonds.